The molecule has 0 fully saturated rings. The first kappa shape index (κ1) is 14.6. The molecular formula is C14H7BrIN3O. The van der Waals surface area contributed by atoms with Crippen molar-refractivity contribution < 1.29 is 4.74 Å². The Kier molecular flexibility index (Phi) is 4.48. The molecule has 0 aliphatic carbocycles. The van der Waals surface area contributed by atoms with Gasteiger partial charge in [0.05, 0.1) is 26.5 Å². The molecule has 0 saturated heterocycles. The summed E-state index contributed by atoms with van der Waals surface area (Å²) in [5.74, 6) is 0.869. The van der Waals surface area contributed by atoms with E-state index in [-0.39, 0.29) is 0 Å². The van der Waals surface area contributed by atoms with Crippen LogP contribution in [0.5, 0.6) is 11.5 Å². The molecule has 0 spiro atoms. The number of rotatable bonds is 2. The third-order valence-electron chi connectivity index (χ3n) is 2.48. The highest BCUT2D eigenvalue weighted by atomic mass is 127. The standard InChI is InChI=1S/C14H7BrIN3O/c15-10-1-2-13(9(5-10)7-18)20-14-11(16)3-8(6-17)4-12(14)19/h1-5H,19H2. The molecule has 20 heavy (non-hydrogen) atoms. The maximum Gasteiger partial charge on any atom is 0.163 e. The maximum absolute atomic E-state index is 9.11. The lowest BCUT2D eigenvalue weighted by molar-refractivity contribution is 0.480. The predicted molar refractivity (Wildman–Crippen MR) is 87.2 cm³/mol. The molecule has 0 saturated carbocycles. The van der Waals surface area contributed by atoms with Gasteiger partial charge in [-0.15, -0.1) is 0 Å². The molecule has 0 aliphatic rings. The van der Waals surface area contributed by atoms with Crippen molar-refractivity contribution in [1.29, 1.82) is 10.5 Å². The highest BCUT2D eigenvalue weighted by molar-refractivity contribution is 14.1. The third kappa shape index (κ3) is 3.03. The van der Waals surface area contributed by atoms with Crippen LogP contribution in [0.15, 0.2) is 34.8 Å². The Hall–Kier alpha value is -1.77. The molecular weight excluding hydrogens is 433 g/mol. The number of nitriles is 2. The van der Waals surface area contributed by atoms with Crippen molar-refractivity contribution in [2.45, 2.75) is 0 Å². The van der Waals surface area contributed by atoms with Crippen LogP contribution < -0.4 is 10.5 Å². The number of ether oxygens (including phenoxy) is 1. The largest absolute Gasteiger partial charge is 0.453 e. The topological polar surface area (TPSA) is 82.8 Å². The quantitative estimate of drug-likeness (QED) is 0.562. The molecule has 2 aromatic carbocycles. The van der Waals surface area contributed by atoms with Crippen molar-refractivity contribution in [3.05, 3.63) is 49.5 Å². The lowest BCUT2D eigenvalue weighted by Gasteiger charge is -2.12. The molecule has 2 rings (SSSR count). The summed E-state index contributed by atoms with van der Waals surface area (Å²) in [7, 11) is 0. The molecule has 0 unspecified atom stereocenters. The molecule has 0 heterocycles. The Morgan fingerprint density at radius 3 is 2.50 bits per heavy atom. The van der Waals surface area contributed by atoms with Crippen LogP contribution in [0.1, 0.15) is 11.1 Å². The minimum absolute atomic E-state index is 0.361. The normalized spacial score (nSPS) is 9.60. The highest BCUT2D eigenvalue weighted by Crippen LogP contribution is 2.35. The van der Waals surface area contributed by atoms with E-state index in [0.717, 1.165) is 4.47 Å². The van der Waals surface area contributed by atoms with Crippen molar-refractivity contribution in [3.63, 3.8) is 0 Å². The number of hydrogen-bond donors (Lipinski definition) is 1. The second-order valence-electron chi connectivity index (χ2n) is 3.84. The van der Waals surface area contributed by atoms with E-state index in [1.165, 1.54) is 0 Å². The number of benzene rings is 2. The molecule has 0 radical (unpaired) electrons. The number of nitrogens with two attached hydrogens (primary N) is 1. The summed E-state index contributed by atoms with van der Waals surface area (Å²) in [4.78, 5) is 0. The van der Waals surface area contributed by atoms with Crippen LogP contribution in [0.4, 0.5) is 5.69 Å². The molecule has 0 aliphatic heterocycles. The van der Waals surface area contributed by atoms with E-state index >= 15 is 0 Å². The van der Waals surface area contributed by atoms with Gasteiger partial charge in [0, 0.05) is 4.47 Å². The van der Waals surface area contributed by atoms with Gasteiger partial charge in [-0.05, 0) is 52.9 Å². The first-order valence-corrected chi connectivity index (χ1v) is 7.29. The summed E-state index contributed by atoms with van der Waals surface area (Å²) in [6.07, 6.45) is 0. The van der Waals surface area contributed by atoms with Gasteiger partial charge in [-0.1, -0.05) is 15.9 Å². The average molecular weight is 440 g/mol. The van der Waals surface area contributed by atoms with Crippen LogP contribution in [0, 0.1) is 26.2 Å². The molecule has 0 atom stereocenters. The fourth-order valence-electron chi connectivity index (χ4n) is 1.58. The zero-order valence-electron chi connectivity index (χ0n) is 10.0. The minimum Gasteiger partial charge on any atom is -0.453 e. The van der Waals surface area contributed by atoms with Crippen LogP contribution in [0.2, 0.25) is 0 Å². The minimum atomic E-state index is 0.361. The summed E-state index contributed by atoms with van der Waals surface area (Å²) >= 11 is 5.35. The van der Waals surface area contributed by atoms with Crippen LogP contribution >= 0.6 is 38.5 Å². The van der Waals surface area contributed by atoms with Gasteiger partial charge in [0.25, 0.3) is 0 Å². The summed E-state index contributed by atoms with van der Waals surface area (Å²) in [6.45, 7) is 0. The van der Waals surface area contributed by atoms with E-state index in [0.29, 0.717) is 31.9 Å². The van der Waals surface area contributed by atoms with Gasteiger partial charge >= 0.3 is 0 Å². The molecule has 2 N–H and O–H groups in total. The molecule has 2 aromatic rings. The first-order chi connectivity index (χ1) is 9.55. The van der Waals surface area contributed by atoms with Crippen molar-refractivity contribution in [2.24, 2.45) is 0 Å². The highest BCUT2D eigenvalue weighted by Gasteiger charge is 2.12. The zero-order valence-corrected chi connectivity index (χ0v) is 13.8. The van der Waals surface area contributed by atoms with E-state index in [2.05, 4.69) is 22.0 Å². The van der Waals surface area contributed by atoms with Crippen LogP contribution in [-0.2, 0) is 0 Å². The number of nitrogen functional groups attached to an aromatic ring is 1. The summed E-state index contributed by atoms with van der Waals surface area (Å²) in [5.41, 5.74) is 7.13. The predicted octanol–water partition coefficient (Wildman–Crippen LogP) is 4.17. The van der Waals surface area contributed by atoms with Gasteiger partial charge in [-0.3, -0.25) is 0 Å². The van der Waals surface area contributed by atoms with E-state index in [1.54, 1.807) is 30.3 Å². The Balaban J connectivity index is 2.46. The summed E-state index contributed by atoms with van der Waals surface area (Å²) in [6, 6.07) is 12.5. The van der Waals surface area contributed by atoms with Crippen LogP contribution in [-0.4, -0.2) is 0 Å². The van der Waals surface area contributed by atoms with Gasteiger partial charge in [-0.25, -0.2) is 0 Å². The second-order valence-corrected chi connectivity index (χ2v) is 5.92. The van der Waals surface area contributed by atoms with Gasteiger partial charge in [-0.2, -0.15) is 10.5 Å². The molecule has 0 amide bonds. The van der Waals surface area contributed by atoms with Gasteiger partial charge in [0.15, 0.2) is 5.75 Å². The number of anilines is 1. The van der Waals surface area contributed by atoms with Crippen molar-refractivity contribution >= 4 is 44.2 Å². The van der Waals surface area contributed by atoms with Crippen molar-refractivity contribution in [2.75, 3.05) is 5.73 Å². The maximum atomic E-state index is 9.11. The van der Waals surface area contributed by atoms with E-state index in [1.807, 2.05) is 28.7 Å². The van der Waals surface area contributed by atoms with Crippen molar-refractivity contribution in [3.8, 4) is 23.6 Å². The Morgan fingerprint density at radius 1 is 1.15 bits per heavy atom. The molecule has 6 heteroatoms. The van der Waals surface area contributed by atoms with E-state index < -0.39 is 0 Å². The fraction of sp³-hybridized carbons (Fsp3) is 0. The molecule has 0 bridgehead atoms. The Bertz CT molecular complexity index is 739. The zero-order chi connectivity index (χ0) is 14.7. The monoisotopic (exact) mass is 439 g/mol. The van der Waals surface area contributed by atoms with E-state index in [4.69, 9.17) is 21.0 Å². The van der Waals surface area contributed by atoms with Crippen molar-refractivity contribution in [1.82, 2.24) is 0 Å². The van der Waals surface area contributed by atoms with Gasteiger partial charge in [0.2, 0.25) is 0 Å². The third-order valence-corrected chi connectivity index (χ3v) is 3.77. The van der Waals surface area contributed by atoms with Crippen LogP contribution in [0.3, 0.4) is 0 Å². The first-order valence-electron chi connectivity index (χ1n) is 5.41. The average Bonchev–Trinajstić information content (AvgIpc) is 2.43. The molecule has 98 valence electrons. The van der Waals surface area contributed by atoms with E-state index in [9.17, 15) is 0 Å². The Morgan fingerprint density at radius 2 is 1.90 bits per heavy atom. The number of nitrogens with zero attached hydrogens (tertiary/aromatic N) is 2. The summed E-state index contributed by atoms with van der Waals surface area (Å²) in [5, 5.41) is 18.0. The number of hydrogen-bond acceptors (Lipinski definition) is 4. The lowest BCUT2D eigenvalue weighted by Crippen LogP contribution is -1.97. The van der Waals surface area contributed by atoms with Crippen LogP contribution in [0.25, 0.3) is 0 Å². The Labute approximate surface area is 138 Å². The van der Waals surface area contributed by atoms with Gasteiger partial charge < -0.3 is 10.5 Å². The molecule has 4 nitrogen and oxygen atoms in total. The number of halogens is 2. The second kappa shape index (κ2) is 6.12. The smallest absolute Gasteiger partial charge is 0.163 e. The fourth-order valence-corrected chi connectivity index (χ4v) is 2.69. The lowest BCUT2D eigenvalue weighted by atomic mass is 10.2. The van der Waals surface area contributed by atoms with Gasteiger partial charge in [0.1, 0.15) is 11.8 Å². The SMILES string of the molecule is N#Cc1cc(N)c(Oc2ccc(Br)cc2C#N)c(I)c1. The molecule has 0 aromatic heterocycles. The summed E-state index contributed by atoms with van der Waals surface area (Å²) < 4.78 is 7.24.